The average Bonchev–Trinajstić information content (AvgIpc) is 3.27. The number of sulfone groups is 1. The molecule has 1 aliphatic rings. The molecule has 1 saturated heterocycles. The molecule has 0 bridgehead atoms. The third-order valence-electron chi connectivity index (χ3n) is 5.18. The quantitative estimate of drug-likeness (QED) is 0.511. The molecular formula is C19H20N6O3S2. The van der Waals surface area contributed by atoms with Gasteiger partial charge in [-0.25, -0.2) is 23.0 Å². The summed E-state index contributed by atoms with van der Waals surface area (Å²) in [5, 5.41) is 1.63. The summed E-state index contributed by atoms with van der Waals surface area (Å²) >= 11 is 1.33. The van der Waals surface area contributed by atoms with E-state index in [2.05, 4.69) is 21.8 Å². The molecule has 0 radical (unpaired) electrons. The van der Waals surface area contributed by atoms with E-state index in [4.69, 9.17) is 15.5 Å². The Morgan fingerprint density at radius 2 is 2.03 bits per heavy atom. The van der Waals surface area contributed by atoms with E-state index in [1.54, 1.807) is 9.95 Å². The lowest BCUT2D eigenvalue weighted by atomic mass is 10.2. The number of imidazole rings is 1. The van der Waals surface area contributed by atoms with Crippen LogP contribution in [0.25, 0.3) is 27.2 Å². The van der Waals surface area contributed by atoms with Crippen LogP contribution in [0.15, 0.2) is 34.5 Å². The van der Waals surface area contributed by atoms with Crippen LogP contribution < -0.4 is 10.6 Å². The number of hydrogen-bond acceptors (Lipinski definition) is 9. The average molecular weight is 445 g/mol. The highest BCUT2D eigenvalue weighted by Crippen LogP contribution is 2.37. The maximum absolute atomic E-state index is 12.4. The van der Waals surface area contributed by atoms with E-state index >= 15 is 0 Å². The number of aromatic nitrogens is 4. The van der Waals surface area contributed by atoms with Crippen molar-refractivity contribution < 1.29 is 13.2 Å². The molecule has 1 aromatic carbocycles. The maximum atomic E-state index is 12.4. The molecule has 9 nitrogen and oxygen atoms in total. The van der Waals surface area contributed by atoms with Gasteiger partial charge in [0.05, 0.1) is 35.0 Å². The number of nitrogens with zero attached hydrogens (tertiary/aromatic N) is 5. The second kappa shape index (κ2) is 6.89. The van der Waals surface area contributed by atoms with Crippen LogP contribution >= 0.6 is 11.3 Å². The number of nitrogens with two attached hydrogens (primary N) is 1. The van der Waals surface area contributed by atoms with Gasteiger partial charge in [0.15, 0.2) is 15.7 Å². The Morgan fingerprint density at radius 3 is 2.80 bits per heavy atom. The molecule has 2 N–H and O–H groups in total. The first kappa shape index (κ1) is 19.2. The highest BCUT2D eigenvalue weighted by Gasteiger charge is 2.27. The molecule has 0 aliphatic carbocycles. The first-order valence-electron chi connectivity index (χ1n) is 9.41. The molecule has 0 unspecified atom stereocenters. The zero-order chi connectivity index (χ0) is 21.0. The fourth-order valence-electron chi connectivity index (χ4n) is 3.73. The predicted molar refractivity (Wildman–Crippen MR) is 117 cm³/mol. The Kier molecular flexibility index (Phi) is 4.42. The molecule has 0 spiro atoms. The largest absolute Gasteiger partial charge is 0.377 e. The monoisotopic (exact) mass is 444 g/mol. The summed E-state index contributed by atoms with van der Waals surface area (Å²) in [6.45, 7) is 3.85. The molecule has 156 valence electrons. The van der Waals surface area contributed by atoms with Crippen LogP contribution in [0.5, 0.6) is 0 Å². The number of fused-ring (bicyclic) bond motifs is 2. The van der Waals surface area contributed by atoms with Gasteiger partial charge in [-0.15, -0.1) is 11.3 Å². The number of para-hydroxylation sites is 2. The minimum absolute atomic E-state index is 0.0883. The zero-order valence-electron chi connectivity index (χ0n) is 16.4. The van der Waals surface area contributed by atoms with Crippen molar-refractivity contribution in [1.82, 2.24) is 19.5 Å². The summed E-state index contributed by atoms with van der Waals surface area (Å²) in [7, 11) is -3.46. The van der Waals surface area contributed by atoms with Gasteiger partial charge in [-0.1, -0.05) is 12.1 Å². The van der Waals surface area contributed by atoms with Crippen LogP contribution in [0, 0.1) is 0 Å². The number of thiophene rings is 1. The zero-order valence-corrected chi connectivity index (χ0v) is 18.1. The van der Waals surface area contributed by atoms with Crippen molar-refractivity contribution in [2.75, 3.05) is 36.6 Å². The number of ether oxygens (including phenoxy) is 1. The van der Waals surface area contributed by atoms with E-state index < -0.39 is 9.84 Å². The van der Waals surface area contributed by atoms with Crippen LogP contribution in [-0.2, 0) is 14.6 Å². The SMILES string of the molecule is C[C@@H]1COCCN1c1nc(-n2c(N)nc3ccccc32)nc2c(S(C)(=O)=O)csc12. The van der Waals surface area contributed by atoms with E-state index in [1.807, 2.05) is 24.3 Å². The van der Waals surface area contributed by atoms with Gasteiger partial charge in [0.25, 0.3) is 0 Å². The molecule has 3 aromatic heterocycles. The Labute approximate surface area is 177 Å². The predicted octanol–water partition coefficient (Wildman–Crippen LogP) is 2.24. The molecule has 4 heterocycles. The summed E-state index contributed by atoms with van der Waals surface area (Å²) in [6.07, 6.45) is 1.19. The standard InChI is InChI=1S/C19H20N6O3S2/c1-11-9-28-8-7-24(11)17-16-15(14(10-29-16)30(2,26)27)22-19(23-17)25-13-6-4-3-5-12(13)21-18(25)20/h3-6,10-11H,7-9H2,1-2H3,(H2,20,21)/t11-/m1/s1. The van der Waals surface area contributed by atoms with Crippen molar-refractivity contribution in [2.24, 2.45) is 0 Å². The molecule has 0 saturated carbocycles. The van der Waals surface area contributed by atoms with Gasteiger partial charge >= 0.3 is 0 Å². The van der Waals surface area contributed by atoms with Crippen molar-refractivity contribution >= 4 is 54.2 Å². The van der Waals surface area contributed by atoms with Crippen molar-refractivity contribution in [3.63, 3.8) is 0 Å². The van der Waals surface area contributed by atoms with Gasteiger partial charge in [-0.3, -0.25) is 0 Å². The highest BCUT2D eigenvalue weighted by atomic mass is 32.2. The third kappa shape index (κ3) is 3.01. The second-order valence-electron chi connectivity index (χ2n) is 7.31. The fourth-order valence-corrected chi connectivity index (χ4v) is 6.00. The van der Waals surface area contributed by atoms with Crippen molar-refractivity contribution in [1.29, 1.82) is 0 Å². The molecule has 0 amide bonds. The first-order valence-corrected chi connectivity index (χ1v) is 12.2. The normalized spacial score (nSPS) is 17.8. The molecule has 1 atom stereocenters. The van der Waals surface area contributed by atoms with Crippen LogP contribution in [0.3, 0.4) is 0 Å². The number of benzene rings is 1. The third-order valence-corrected chi connectivity index (χ3v) is 7.40. The topological polar surface area (TPSA) is 116 Å². The number of hydrogen-bond donors (Lipinski definition) is 1. The summed E-state index contributed by atoms with van der Waals surface area (Å²) < 4.78 is 32.8. The van der Waals surface area contributed by atoms with E-state index in [1.165, 1.54) is 17.6 Å². The van der Waals surface area contributed by atoms with Crippen molar-refractivity contribution in [3.8, 4) is 5.95 Å². The molecule has 5 rings (SSSR count). The molecular weight excluding hydrogens is 424 g/mol. The minimum Gasteiger partial charge on any atom is -0.377 e. The van der Waals surface area contributed by atoms with Gasteiger partial charge < -0.3 is 15.4 Å². The van der Waals surface area contributed by atoms with Crippen molar-refractivity contribution in [3.05, 3.63) is 29.6 Å². The lowest BCUT2D eigenvalue weighted by molar-refractivity contribution is 0.0987. The Hall–Kier alpha value is -2.76. The maximum Gasteiger partial charge on any atom is 0.239 e. The van der Waals surface area contributed by atoms with Gasteiger partial charge in [-0.2, -0.15) is 4.98 Å². The smallest absolute Gasteiger partial charge is 0.239 e. The summed E-state index contributed by atoms with van der Waals surface area (Å²) in [6, 6.07) is 7.60. The molecule has 1 fully saturated rings. The van der Waals surface area contributed by atoms with Crippen molar-refractivity contribution in [2.45, 2.75) is 17.9 Å². The molecule has 11 heteroatoms. The number of anilines is 2. The van der Waals surface area contributed by atoms with E-state index in [0.29, 0.717) is 42.6 Å². The molecule has 30 heavy (non-hydrogen) atoms. The van der Waals surface area contributed by atoms with Gasteiger partial charge in [0.1, 0.15) is 10.4 Å². The van der Waals surface area contributed by atoms with Crippen LogP contribution in [0.1, 0.15) is 6.92 Å². The summed E-state index contributed by atoms with van der Waals surface area (Å²) in [5.41, 5.74) is 8.08. The summed E-state index contributed by atoms with van der Waals surface area (Å²) in [5.74, 6) is 1.22. The minimum atomic E-state index is -3.46. The first-order chi connectivity index (χ1) is 14.3. The lowest BCUT2D eigenvalue weighted by Gasteiger charge is -2.34. The second-order valence-corrected chi connectivity index (χ2v) is 10.2. The van der Waals surface area contributed by atoms with Crippen LogP contribution in [-0.4, -0.2) is 60.0 Å². The van der Waals surface area contributed by atoms with Crippen LogP contribution in [0.4, 0.5) is 11.8 Å². The van der Waals surface area contributed by atoms with E-state index in [-0.39, 0.29) is 16.9 Å². The van der Waals surface area contributed by atoms with Gasteiger partial charge in [-0.05, 0) is 19.1 Å². The van der Waals surface area contributed by atoms with E-state index in [9.17, 15) is 8.42 Å². The Bertz CT molecular complexity index is 1380. The van der Waals surface area contributed by atoms with E-state index in [0.717, 1.165) is 10.2 Å². The Morgan fingerprint density at radius 1 is 1.23 bits per heavy atom. The number of morpholine rings is 1. The lowest BCUT2D eigenvalue weighted by Crippen LogP contribution is -2.44. The fraction of sp³-hybridized carbons (Fsp3) is 0.316. The highest BCUT2D eigenvalue weighted by molar-refractivity contribution is 7.91. The summed E-state index contributed by atoms with van der Waals surface area (Å²) in [4.78, 5) is 16.2. The number of nitrogen functional groups attached to an aromatic ring is 1. The molecule has 1 aliphatic heterocycles. The van der Waals surface area contributed by atoms with Gasteiger partial charge in [0, 0.05) is 18.2 Å². The number of rotatable bonds is 3. The molecule has 4 aromatic rings. The van der Waals surface area contributed by atoms with Gasteiger partial charge in [0.2, 0.25) is 11.9 Å². The Balaban J connectivity index is 1.83. The van der Waals surface area contributed by atoms with Crippen LogP contribution in [0.2, 0.25) is 0 Å².